The van der Waals surface area contributed by atoms with Gasteiger partial charge in [0, 0.05) is 17.8 Å². The predicted octanol–water partition coefficient (Wildman–Crippen LogP) is 2.22. The molecule has 0 saturated heterocycles. The number of nitro benzene ring substituents is 1. The Labute approximate surface area is 114 Å². The number of nitro groups is 1. The molecule has 0 N–H and O–H groups in total. The molecule has 102 valence electrons. The summed E-state index contributed by atoms with van der Waals surface area (Å²) in [5.74, 6) is -0.439. The number of esters is 1. The van der Waals surface area contributed by atoms with Gasteiger partial charge >= 0.3 is 5.97 Å². The van der Waals surface area contributed by atoms with E-state index in [1.165, 1.54) is 30.6 Å². The Hall–Kier alpha value is -2.83. The molecule has 0 aliphatic carbocycles. The Bertz CT molecular complexity index is 668. The smallest absolute Gasteiger partial charge is 0.363 e. The maximum absolute atomic E-state index is 11.8. The van der Waals surface area contributed by atoms with Crippen LogP contribution in [0.25, 0.3) is 0 Å². The van der Waals surface area contributed by atoms with Crippen LogP contribution in [-0.2, 0) is 0 Å². The Morgan fingerprint density at radius 1 is 1.25 bits per heavy atom. The number of ether oxygens (including phenoxy) is 1. The Morgan fingerprint density at radius 2 is 2.00 bits per heavy atom. The van der Waals surface area contributed by atoms with E-state index >= 15 is 0 Å². The van der Waals surface area contributed by atoms with Crippen molar-refractivity contribution in [2.24, 2.45) is 0 Å². The highest BCUT2D eigenvalue weighted by molar-refractivity contribution is 5.88. The van der Waals surface area contributed by atoms with Crippen LogP contribution in [-0.4, -0.2) is 20.9 Å². The summed E-state index contributed by atoms with van der Waals surface area (Å²) in [7, 11) is 0. The van der Waals surface area contributed by atoms with Gasteiger partial charge in [0.1, 0.15) is 5.75 Å². The summed E-state index contributed by atoms with van der Waals surface area (Å²) in [4.78, 5) is 29.8. The van der Waals surface area contributed by atoms with Crippen LogP contribution >= 0.6 is 0 Å². The predicted molar refractivity (Wildman–Crippen MR) is 69.6 cm³/mol. The Kier molecular flexibility index (Phi) is 3.69. The topological polar surface area (TPSA) is 95.2 Å². The van der Waals surface area contributed by atoms with E-state index in [2.05, 4.69) is 9.97 Å². The zero-order valence-electron chi connectivity index (χ0n) is 10.9. The number of aromatic nitrogens is 2. The minimum atomic E-state index is -0.661. The zero-order chi connectivity index (χ0) is 14.7. The molecule has 1 heterocycles. The van der Waals surface area contributed by atoms with Crippen molar-refractivity contribution < 1.29 is 14.5 Å². The molecule has 0 bridgehead atoms. The van der Waals surface area contributed by atoms with Crippen molar-refractivity contribution >= 4 is 11.7 Å². The average molecular weight is 273 g/mol. The normalized spacial score (nSPS) is 10.1. The quantitative estimate of drug-likeness (QED) is 0.368. The summed E-state index contributed by atoms with van der Waals surface area (Å²) in [6, 6.07) is 4.08. The SMILES string of the molecule is Cc1cnc(C(=O)Oc2ccc([N+](=O)[O-])c(C)c2)cn1. The second kappa shape index (κ2) is 5.43. The minimum absolute atomic E-state index is 0.0278. The first-order chi connectivity index (χ1) is 9.47. The van der Waals surface area contributed by atoms with Crippen LogP contribution in [0.2, 0.25) is 0 Å². The highest BCUT2D eigenvalue weighted by Gasteiger charge is 2.14. The number of hydrogen-bond donors (Lipinski definition) is 0. The molecule has 7 nitrogen and oxygen atoms in total. The van der Waals surface area contributed by atoms with Crippen molar-refractivity contribution in [3.63, 3.8) is 0 Å². The fourth-order valence-electron chi connectivity index (χ4n) is 1.55. The van der Waals surface area contributed by atoms with Gasteiger partial charge in [-0.1, -0.05) is 0 Å². The molecular weight excluding hydrogens is 262 g/mol. The van der Waals surface area contributed by atoms with Crippen LogP contribution in [0, 0.1) is 24.0 Å². The number of carbonyl (C=O) groups is 1. The second-order valence-corrected chi connectivity index (χ2v) is 4.14. The maximum atomic E-state index is 11.8. The van der Waals surface area contributed by atoms with Gasteiger partial charge in [-0.25, -0.2) is 9.78 Å². The Balaban J connectivity index is 2.18. The minimum Gasteiger partial charge on any atom is -0.422 e. The van der Waals surface area contributed by atoms with Crippen LogP contribution < -0.4 is 4.74 Å². The third-order valence-electron chi connectivity index (χ3n) is 2.57. The number of benzene rings is 1. The van der Waals surface area contributed by atoms with E-state index in [-0.39, 0.29) is 17.1 Å². The molecule has 1 aromatic carbocycles. The maximum Gasteiger partial charge on any atom is 0.363 e. The molecule has 2 rings (SSSR count). The van der Waals surface area contributed by atoms with E-state index < -0.39 is 10.9 Å². The van der Waals surface area contributed by atoms with Gasteiger partial charge in [0.15, 0.2) is 5.69 Å². The molecular formula is C13H11N3O4. The lowest BCUT2D eigenvalue weighted by Gasteiger charge is -2.05. The first-order valence-corrected chi connectivity index (χ1v) is 5.73. The summed E-state index contributed by atoms with van der Waals surface area (Å²) in [5.41, 5.74) is 1.15. The third-order valence-corrected chi connectivity index (χ3v) is 2.57. The molecule has 20 heavy (non-hydrogen) atoms. The molecule has 0 atom stereocenters. The fraction of sp³-hybridized carbons (Fsp3) is 0.154. The van der Waals surface area contributed by atoms with Gasteiger partial charge in [-0.2, -0.15) is 0 Å². The summed E-state index contributed by atoms with van der Waals surface area (Å²) in [6.07, 6.45) is 2.77. The summed E-state index contributed by atoms with van der Waals surface area (Å²) in [5, 5.41) is 10.7. The number of carbonyl (C=O) groups excluding carboxylic acids is 1. The molecule has 0 amide bonds. The van der Waals surface area contributed by atoms with Crippen LogP contribution in [0.15, 0.2) is 30.6 Å². The van der Waals surface area contributed by atoms with Gasteiger partial charge in [-0.3, -0.25) is 15.1 Å². The molecule has 0 aliphatic rings. The molecule has 7 heteroatoms. The van der Waals surface area contributed by atoms with E-state index in [0.717, 1.165) is 0 Å². The average Bonchev–Trinajstić information content (AvgIpc) is 2.39. The molecule has 0 radical (unpaired) electrons. The highest BCUT2D eigenvalue weighted by atomic mass is 16.6. The number of rotatable bonds is 3. The van der Waals surface area contributed by atoms with Crippen molar-refractivity contribution in [2.75, 3.05) is 0 Å². The van der Waals surface area contributed by atoms with Crippen molar-refractivity contribution in [3.05, 3.63) is 57.7 Å². The van der Waals surface area contributed by atoms with Gasteiger partial charge in [-0.15, -0.1) is 0 Å². The van der Waals surface area contributed by atoms with Crippen molar-refractivity contribution in [3.8, 4) is 5.75 Å². The van der Waals surface area contributed by atoms with Gasteiger partial charge in [0.25, 0.3) is 5.69 Å². The van der Waals surface area contributed by atoms with Crippen LogP contribution in [0.1, 0.15) is 21.7 Å². The molecule has 0 unspecified atom stereocenters. The van der Waals surface area contributed by atoms with E-state index in [4.69, 9.17) is 4.74 Å². The monoisotopic (exact) mass is 273 g/mol. The van der Waals surface area contributed by atoms with Gasteiger partial charge in [0.05, 0.1) is 16.8 Å². The fourth-order valence-corrected chi connectivity index (χ4v) is 1.55. The third kappa shape index (κ3) is 2.94. The lowest BCUT2D eigenvalue weighted by atomic mass is 10.2. The van der Waals surface area contributed by atoms with E-state index in [0.29, 0.717) is 11.3 Å². The highest BCUT2D eigenvalue weighted by Crippen LogP contribution is 2.23. The van der Waals surface area contributed by atoms with Crippen molar-refractivity contribution in [2.45, 2.75) is 13.8 Å². The van der Waals surface area contributed by atoms with Gasteiger partial charge < -0.3 is 4.74 Å². The van der Waals surface area contributed by atoms with E-state index in [9.17, 15) is 14.9 Å². The Morgan fingerprint density at radius 3 is 2.55 bits per heavy atom. The lowest BCUT2D eigenvalue weighted by Crippen LogP contribution is -2.11. The molecule has 0 fully saturated rings. The van der Waals surface area contributed by atoms with Gasteiger partial charge in [-0.05, 0) is 26.0 Å². The van der Waals surface area contributed by atoms with E-state index in [1.54, 1.807) is 13.8 Å². The second-order valence-electron chi connectivity index (χ2n) is 4.14. The standard InChI is InChI=1S/C13H11N3O4/c1-8-5-10(3-4-12(8)16(18)19)20-13(17)11-7-14-9(2)6-15-11/h3-7H,1-2H3. The van der Waals surface area contributed by atoms with Gasteiger partial charge in [0.2, 0.25) is 0 Å². The molecule has 0 saturated carbocycles. The van der Waals surface area contributed by atoms with Crippen molar-refractivity contribution in [1.82, 2.24) is 9.97 Å². The summed E-state index contributed by atoms with van der Waals surface area (Å²) < 4.78 is 5.09. The first-order valence-electron chi connectivity index (χ1n) is 5.73. The zero-order valence-corrected chi connectivity index (χ0v) is 10.9. The summed E-state index contributed by atoms with van der Waals surface area (Å²) in [6.45, 7) is 3.32. The molecule has 0 aliphatic heterocycles. The summed E-state index contributed by atoms with van der Waals surface area (Å²) >= 11 is 0. The van der Waals surface area contributed by atoms with E-state index in [1.807, 2.05) is 0 Å². The largest absolute Gasteiger partial charge is 0.422 e. The number of hydrogen-bond acceptors (Lipinski definition) is 6. The van der Waals surface area contributed by atoms with Crippen LogP contribution in [0.4, 0.5) is 5.69 Å². The molecule has 0 spiro atoms. The number of aryl methyl sites for hydroxylation is 2. The molecule has 1 aromatic heterocycles. The van der Waals surface area contributed by atoms with Crippen LogP contribution in [0.3, 0.4) is 0 Å². The number of nitrogens with zero attached hydrogens (tertiary/aromatic N) is 3. The lowest BCUT2D eigenvalue weighted by molar-refractivity contribution is -0.385. The first kappa shape index (κ1) is 13.6. The van der Waals surface area contributed by atoms with Crippen LogP contribution in [0.5, 0.6) is 5.75 Å². The molecule has 2 aromatic rings. The van der Waals surface area contributed by atoms with Crippen molar-refractivity contribution in [1.29, 1.82) is 0 Å².